The van der Waals surface area contributed by atoms with E-state index in [0.29, 0.717) is 11.1 Å². The van der Waals surface area contributed by atoms with Gasteiger partial charge in [-0.15, -0.1) is 0 Å². The highest BCUT2D eigenvalue weighted by Gasteiger charge is 2.39. The molecule has 0 radical (unpaired) electrons. The molecular formula is C21H17ClFN3O5. The van der Waals surface area contributed by atoms with Gasteiger partial charge in [-0.05, 0) is 41.8 Å². The third-order valence-corrected chi connectivity index (χ3v) is 5.29. The summed E-state index contributed by atoms with van der Waals surface area (Å²) in [5.74, 6) is -1.73. The second-order valence-corrected chi connectivity index (χ2v) is 7.69. The molecule has 1 saturated heterocycles. The highest BCUT2D eigenvalue weighted by molar-refractivity contribution is 6.30. The Kier molecular flexibility index (Phi) is 5.60. The van der Waals surface area contributed by atoms with Crippen LogP contribution in [0.1, 0.15) is 34.3 Å². The maximum atomic E-state index is 13.3. The van der Waals surface area contributed by atoms with E-state index < -0.39 is 23.9 Å². The zero-order valence-corrected chi connectivity index (χ0v) is 16.9. The molecule has 2 aliphatic rings. The maximum absolute atomic E-state index is 13.3. The number of fused-ring (bicyclic) bond motifs is 1. The van der Waals surface area contributed by atoms with Crippen LogP contribution in [0.3, 0.4) is 0 Å². The molecule has 1 fully saturated rings. The van der Waals surface area contributed by atoms with E-state index in [1.54, 1.807) is 18.2 Å². The van der Waals surface area contributed by atoms with Crippen LogP contribution in [0.2, 0.25) is 5.02 Å². The predicted octanol–water partition coefficient (Wildman–Crippen LogP) is 2.99. The van der Waals surface area contributed by atoms with Crippen molar-refractivity contribution in [3.8, 4) is 0 Å². The summed E-state index contributed by atoms with van der Waals surface area (Å²) in [5, 5.41) is 4.77. The molecule has 2 aromatic carbocycles. The molecule has 31 heavy (non-hydrogen) atoms. The number of carbonyl (C=O) groups excluding carboxylic acids is 4. The minimum atomic E-state index is -0.807. The lowest BCUT2D eigenvalue weighted by Gasteiger charge is -2.29. The van der Waals surface area contributed by atoms with Crippen molar-refractivity contribution < 1.29 is 28.3 Å². The second kappa shape index (κ2) is 8.35. The van der Waals surface area contributed by atoms with Crippen LogP contribution in [0.25, 0.3) is 0 Å². The summed E-state index contributed by atoms with van der Waals surface area (Å²) in [5.41, 5.74) is 1.89. The molecule has 0 aliphatic carbocycles. The number of imide groups is 1. The average Bonchev–Trinajstić information content (AvgIpc) is 3.01. The molecule has 10 heteroatoms. The smallest absolute Gasteiger partial charge is 0.411 e. The van der Waals surface area contributed by atoms with Crippen LogP contribution in [0.15, 0.2) is 36.4 Å². The zero-order valence-electron chi connectivity index (χ0n) is 16.1. The summed E-state index contributed by atoms with van der Waals surface area (Å²) in [4.78, 5) is 49.7. The summed E-state index contributed by atoms with van der Waals surface area (Å²) in [6.07, 6.45) is -0.343. The quantitative estimate of drug-likeness (QED) is 0.704. The molecule has 0 spiro atoms. The summed E-state index contributed by atoms with van der Waals surface area (Å²) < 4.78 is 18.5. The van der Waals surface area contributed by atoms with Crippen LogP contribution in [-0.2, 0) is 27.5 Å². The topological polar surface area (TPSA) is 105 Å². The molecule has 2 aliphatic heterocycles. The van der Waals surface area contributed by atoms with Crippen LogP contribution in [-0.4, -0.2) is 34.8 Å². The summed E-state index contributed by atoms with van der Waals surface area (Å²) in [6, 6.07) is 7.96. The van der Waals surface area contributed by atoms with E-state index in [-0.39, 0.29) is 48.5 Å². The zero-order chi connectivity index (χ0) is 22.1. The standard InChI is InChI=1S/C21H17ClFN3O5/c22-13-6-14(23)8-15(7-13)24-21(30)31-10-11-1-2-12-9-26(20(29)16(12)5-11)17-3-4-18(27)25-19(17)28/h1-2,5-8,17H,3-4,9-10H2,(H,24,30)(H,25,27,28). The van der Waals surface area contributed by atoms with Crippen molar-refractivity contribution in [3.63, 3.8) is 0 Å². The summed E-state index contributed by atoms with van der Waals surface area (Å²) in [7, 11) is 0. The third kappa shape index (κ3) is 4.51. The fourth-order valence-corrected chi connectivity index (χ4v) is 3.84. The Bertz CT molecular complexity index is 1090. The highest BCUT2D eigenvalue weighted by Crippen LogP contribution is 2.28. The van der Waals surface area contributed by atoms with Gasteiger partial charge in [0.25, 0.3) is 5.91 Å². The van der Waals surface area contributed by atoms with Gasteiger partial charge >= 0.3 is 6.09 Å². The molecule has 4 rings (SSSR count). The molecular weight excluding hydrogens is 429 g/mol. The predicted molar refractivity (Wildman–Crippen MR) is 108 cm³/mol. The monoisotopic (exact) mass is 445 g/mol. The van der Waals surface area contributed by atoms with Gasteiger partial charge in [-0.25, -0.2) is 9.18 Å². The van der Waals surface area contributed by atoms with E-state index in [2.05, 4.69) is 10.6 Å². The van der Waals surface area contributed by atoms with Gasteiger partial charge in [-0.3, -0.25) is 25.0 Å². The van der Waals surface area contributed by atoms with Crippen LogP contribution in [0.5, 0.6) is 0 Å². The average molecular weight is 446 g/mol. The van der Waals surface area contributed by atoms with Crippen LogP contribution >= 0.6 is 11.6 Å². The van der Waals surface area contributed by atoms with E-state index in [0.717, 1.165) is 17.7 Å². The molecule has 2 N–H and O–H groups in total. The first-order valence-corrected chi connectivity index (χ1v) is 9.84. The number of hydrogen-bond donors (Lipinski definition) is 2. The van der Waals surface area contributed by atoms with E-state index in [9.17, 15) is 23.6 Å². The van der Waals surface area contributed by atoms with Gasteiger partial charge in [0.05, 0.1) is 0 Å². The number of nitrogens with one attached hydrogen (secondary N) is 2. The fraction of sp³-hybridized carbons (Fsp3) is 0.238. The minimum Gasteiger partial charge on any atom is -0.444 e. The Hall–Kier alpha value is -3.46. The molecule has 0 bridgehead atoms. The van der Waals surface area contributed by atoms with Crippen molar-refractivity contribution >= 4 is 41.1 Å². The first-order chi connectivity index (χ1) is 14.8. The van der Waals surface area contributed by atoms with Crippen LogP contribution < -0.4 is 10.6 Å². The van der Waals surface area contributed by atoms with Crippen molar-refractivity contribution in [2.24, 2.45) is 0 Å². The first-order valence-electron chi connectivity index (χ1n) is 9.46. The van der Waals surface area contributed by atoms with Gasteiger partial charge in [-0.2, -0.15) is 0 Å². The molecule has 1 unspecified atom stereocenters. The molecule has 2 aromatic rings. The Morgan fingerprint density at radius 2 is 2.03 bits per heavy atom. The molecule has 2 heterocycles. The van der Waals surface area contributed by atoms with Gasteiger partial charge in [0.1, 0.15) is 18.5 Å². The lowest BCUT2D eigenvalue weighted by molar-refractivity contribution is -0.136. The van der Waals surface area contributed by atoms with E-state index in [4.69, 9.17) is 16.3 Å². The van der Waals surface area contributed by atoms with Gasteiger partial charge in [0.2, 0.25) is 11.8 Å². The summed E-state index contributed by atoms with van der Waals surface area (Å²) in [6.45, 7) is 0.149. The van der Waals surface area contributed by atoms with E-state index in [1.165, 1.54) is 11.0 Å². The number of benzene rings is 2. The minimum absolute atomic E-state index is 0.117. The van der Waals surface area contributed by atoms with E-state index in [1.807, 2.05) is 0 Å². The number of piperidine rings is 1. The Balaban J connectivity index is 1.39. The SMILES string of the molecule is O=C1CCC(N2Cc3ccc(COC(=O)Nc4cc(F)cc(Cl)c4)cc3C2=O)C(=O)N1. The van der Waals surface area contributed by atoms with Crippen molar-refractivity contribution in [2.75, 3.05) is 5.32 Å². The molecule has 0 aromatic heterocycles. The van der Waals surface area contributed by atoms with Gasteiger partial charge in [0.15, 0.2) is 0 Å². The van der Waals surface area contributed by atoms with Crippen molar-refractivity contribution in [1.29, 1.82) is 0 Å². The maximum Gasteiger partial charge on any atom is 0.411 e. The van der Waals surface area contributed by atoms with Crippen molar-refractivity contribution in [3.05, 3.63) is 63.9 Å². The third-order valence-electron chi connectivity index (χ3n) is 5.07. The van der Waals surface area contributed by atoms with Crippen LogP contribution in [0, 0.1) is 5.82 Å². The number of rotatable bonds is 4. The molecule has 8 nitrogen and oxygen atoms in total. The number of carbonyl (C=O) groups is 4. The normalized spacial score (nSPS) is 17.9. The molecule has 0 saturated carbocycles. The number of anilines is 1. The number of hydrogen-bond acceptors (Lipinski definition) is 5. The lowest BCUT2D eigenvalue weighted by Crippen LogP contribution is -2.52. The largest absolute Gasteiger partial charge is 0.444 e. The van der Waals surface area contributed by atoms with Gasteiger partial charge in [-0.1, -0.05) is 23.7 Å². The molecule has 1 atom stereocenters. The number of nitrogens with zero attached hydrogens (tertiary/aromatic N) is 1. The van der Waals surface area contributed by atoms with Crippen molar-refractivity contribution in [2.45, 2.75) is 32.0 Å². The Morgan fingerprint density at radius 1 is 1.23 bits per heavy atom. The number of halogens is 2. The van der Waals surface area contributed by atoms with Crippen molar-refractivity contribution in [1.82, 2.24) is 10.2 Å². The lowest BCUT2D eigenvalue weighted by atomic mass is 10.0. The Morgan fingerprint density at radius 3 is 2.77 bits per heavy atom. The number of ether oxygens (including phenoxy) is 1. The number of amides is 4. The summed E-state index contributed by atoms with van der Waals surface area (Å²) >= 11 is 5.75. The highest BCUT2D eigenvalue weighted by atomic mass is 35.5. The van der Waals surface area contributed by atoms with Gasteiger partial charge in [0, 0.05) is 29.2 Å². The first kappa shape index (κ1) is 20.8. The fourth-order valence-electron chi connectivity index (χ4n) is 3.62. The molecule has 4 amide bonds. The second-order valence-electron chi connectivity index (χ2n) is 7.25. The Labute approximate surface area is 181 Å². The van der Waals surface area contributed by atoms with Crippen LogP contribution in [0.4, 0.5) is 14.9 Å². The van der Waals surface area contributed by atoms with E-state index >= 15 is 0 Å². The van der Waals surface area contributed by atoms with Gasteiger partial charge < -0.3 is 9.64 Å². The molecule has 160 valence electrons.